The second-order valence-corrected chi connectivity index (χ2v) is 7.30. The van der Waals surface area contributed by atoms with Crippen LogP contribution >= 0.6 is 0 Å². The maximum Gasteiger partial charge on any atom is 0.223 e. The van der Waals surface area contributed by atoms with Crippen LogP contribution in [0.3, 0.4) is 0 Å². The van der Waals surface area contributed by atoms with Crippen LogP contribution in [0.5, 0.6) is 0 Å². The van der Waals surface area contributed by atoms with Gasteiger partial charge in [0.15, 0.2) is 0 Å². The van der Waals surface area contributed by atoms with E-state index < -0.39 is 0 Å². The fraction of sp³-hybridized carbons (Fsp3) is 0.875. The highest BCUT2D eigenvalue weighted by Gasteiger charge is 2.36. The molecule has 4 heteroatoms. The topological polar surface area (TPSA) is 72.2 Å². The standard InChI is InChI=1S/C16H30N2O2/c1-5-18-15(20)13(10-16(2,3)4)12(14(17)19)9-8-11-6-7-11/h11-13H,5-10H2,1-4H3,(H2,17,19)(H,18,20)/t12-,13+/m0/s1. The van der Waals surface area contributed by atoms with Crippen LogP contribution < -0.4 is 11.1 Å². The Kier molecular flexibility index (Phi) is 6.03. The predicted molar refractivity (Wildman–Crippen MR) is 80.9 cm³/mol. The molecule has 2 amide bonds. The molecule has 20 heavy (non-hydrogen) atoms. The van der Waals surface area contributed by atoms with Crippen molar-refractivity contribution in [2.24, 2.45) is 28.9 Å². The zero-order valence-corrected chi connectivity index (χ0v) is 13.4. The maximum absolute atomic E-state index is 12.3. The lowest BCUT2D eigenvalue weighted by molar-refractivity contribution is -0.134. The van der Waals surface area contributed by atoms with Gasteiger partial charge >= 0.3 is 0 Å². The number of amides is 2. The third kappa shape index (κ3) is 5.93. The number of hydrogen-bond donors (Lipinski definition) is 2. The lowest BCUT2D eigenvalue weighted by Crippen LogP contribution is -2.42. The van der Waals surface area contributed by atoms with Crippen LogP contribution in [0.4, 0.5) is 0 Å². The van der Waals surface area contributed by atoms with E-state index in [1.807, 2.05) is 6.92 Å². The van der Waals surface area contributed by atoms with Crippen molar-refractivity contribution in [3.8, 4) is 0 Å². The molecule has 0 saturated heterocycles. The lowest BCUT2D eigenvalue weighted by Gasteiger charge is -2.30. The van der Waals surface area contributed by atoms with Gasteiger partial charge in [0.2, 0.25) is 11.8 Å². The number of primary amides is 1. The summed E-state index contributed by atoms with van der Waals surface area (Å²) >= 11 is 0. The van der Waals surface area contributed by atoms with E-state index in [1.54, 1.807) is 0 Å². The normalized spacial score (nSPS) is 18.4. The Balaban J connectivity index is 2.77. The molecule has 0 aromatic rings. The molecule has 1 rings (SSSR count). The first-order chi connectivity index (χ1) is 9.24. The molecule has 1 aliphatic rings. The van der Waals surface area contributed by atoms with E-state index in [0.29, 0.717) is 13.0 Å². The SMILES string of the molecule is CCNC(=O)[C@H](CC(C)(C)C)[C@H](CCC1CC1)C(N)=O. The molecular weight excluding hydrogens is 252 g/mol. The zero-order valence-electron chi connectivity index (χ0n) is 13.4. The summed E-state index contributed by atoms with van der Waals surface area (Å²) in [7, 11) is 0. The van der Waals surface area contributed by atoms with Crippen LogP contribution in [0.2, 0.25) is 0 Å². The van der Waals surface area contributed by atoms with Crippen molar-refractivity contribution in [2.75, 3.05) is 6.54 Å². The molecule has 0 heterocycles. The van der Waals surface area contributed by atoms with Crippen molar-refractivity contribution >= 4 is 11.8 Å². The van der Waals surface area contributed by atoms with Crippen LogP contribution in [0.25, 0.3) is 0 Å². The molecule has 1 saturated carbocycles. The van der Waals surface area contributed by atoms with Gasteiger partial charge in [-0.25, -0.2) is 0 Å². The third-order valence-corrected chi connectivity index (χ3v) is 3.95. The van der Waals surface area contributed by atoms with Crippen LogP contribution in [-0.2, 0) is 9.59 Å². The van der Waals surface area contributed by atoms with Gasteiger partial charge in [-0.05, 0) is 37.5 Å². The Bertz CT molecular complexity index is 343. The van der Waals surface area contributed by atoms with Crippen molar-refractivity contribution in [3.63, 3.8) is 0 Å². The van der Waals surface area contributed by atoms with Crippen LogP contribution in [0, 0.1) is 23.2 Å². The molecule has 0 radical (unpaired) electrons. The van der Waals surface area contributed by atoms with Crippen molar-refractivity contribution in [2.45, 2.75) is 59.8 Å². The second-order valence-electron chi connectivity index (χ2n) is 7.30. The first-order valence-corrected chi connectivity index (χ1v) is 7.81. The Morgan fingerprint density at radius 3 is 2.25 bits per heavy atom. The summed E-state index contributed by atoms with van der Waals surface area (Å²) in [6, 6.07) is 0. The zero-order chi connectivity index (χ0) is 15.3. The third-order valence-electron chi connectivity index (χ3n) is 3.95. The first kappa shape index (κ1) is 17.0. The molecule has 1 fully saturated rings. The average molecular weight is 282 g/mol. The van der Waals surface area contributed by atoms with Crippen molar-refractivity contribution in [3.05, 3.63) is 0 Å². The highest BCUT2D eigenvalue weighted by Crippen LogP contribution is 2.37. The minimum absolute atomic E-state index is 0.00300. The molecule has 1 aliphatic carbocycles. The largest absolute Gasteiger partial charge is 0.369 e. The van der Waals surface area contributed by atoms with E-state index in [4.69, 9.17) is 5.73 Å². The fourth-order valence-electron chi connectivity index (χ4n) is 2.75. The van der Waals surface area contributed by atoms with E-state index in [2.05, 4.69) is 26.1 Å². The summed E-state index contributed by atoms with van der Waals surface area (Å²) in [6.07, 6.45) is 4.98. The predicted octanol–water partition coefficient (Wildman–Crippen LogP) is 2.47. The summed E-state index contributed by atoms with van der Waals surface area (Å²) in [5, 5.41) is 2.86. The summed E-state index contributed by atoms with van der Waals surface area (Å²) in [4.78, 5) is 24.1. The average Bonchev–Trinajstić information content (AvgIpc) is 3.10. The molecule has 3 N–H and O–H groups in total. The minimum Gasteiger partial charge on any atom is -0.369 e. The number of nitrogens with one attached hydrogen (secondary N) is 1. The quantitative estimate of drug-likeness (QED) is 0.718. The van der Waals surface area contributed by atoms with Crippen LogP contribution in [0.15, 0.2) is 0 Å². The Morgan fingerprint density at radius 2 is 1.85 bits per heavy atom. The van der Waals surface area contributed by atoms with Gasteiger partial charge in [0.1, 0.15) is 0 Å². The summed E-state index contributed by atoms with van der Waals surface area (Å²) in [5.41, 5.74) is 5.58. The number of nitrogens with two attached hydrogens (primary N) is 1. The minimum atomic E-state index is -0.332. The Hall–Kier alpha value is -1.06. The van der Waals surface area contributed by atoms with E-state index >= 15 is 0 Å². The van der Waals surface area contributed by atoms with Gasteiger partial charge < -0.3 is 11.1 Å². The van der Waals surface area contributed by atoms with Crippen molar-refractivity contribution < 1.29 is 9.59 Å². The van der Waals surface area contributed by atoms with Gasteiger partial charge in [-0.3, -0.25) is 9.59 Å². The highest BCUT2D eigenvalue weighted by molar-refractivity contribution is 5.86. The van der Waals surface area contributed by atoms with E-state index in [1.165, 1.54) is 12.8 Å². The number of rotatable bonds is 8. The molecule has 0 aromatic heterocycles. The molecule has 2 atom stereocenters. The summed E-state index contributed by atoms with van der Waals surface area (Å²) in [5.74, 6) is -0.234. The van der Waals surface area contributed by atoms with Crippen molar-refractivity contribution in [1.82, 2.24) is 5.32 Å². The Labute approximate surface area is 122 Å². The highest BCUT2D eigenvalue weighted by atomic mass is 16.2. The number of hydrogen-bond acceptors (Lipinski definition) is 2. The van der Waals surface area contributed by atoms with Gasteiger partial charge in [0.25, 0.3) is 0 Å². The Morgan fingerprint density at radius 1 is 1.25 bits per heavy atom. The lowest BCUT2D eigenvalue weighted by atomic mass is 9.76. The van der Waals surface area contributed by atoms with Gasteiger partial charge in [-0.2, -0.15) is 0 Å². The van der Waals surface area contributed by atoms with Gasteiger partial charge in [-0.15, -0.1) is 0 Å². The molecular formula is C16H30N2O2. The first-order valence-electron chi connectivity index (χ1n) is 7.81. The van der Waals surface area contributed by atoms with Crippen molar-refractivity contribution in [1.29, 1.82) is 0 Å². The molecule has 116 valence electrons. The van der Waals surface area contributed by atoms with Gasteiger partial charge in [0.05, 0.1) is 0 Å². The van der Waals surface area contributed by atoms with Crippen LogP contribution in [-0.4, -0.2) is 18.4 Å². The summed E-state index contributed by atoms with van der Waals surface area (Å²) < 4.78 is 0. The van der Waals surface area contributed by atoms with Gasteiger partial charge in [-0.1, -0.05) is 33.6 Å². The van der Waals surface area contributed by atoms with E-state index in [-0.39, 0.29) is 29.1 Å². The molecule has 0 unspecified atom stereocenters. The van der Waals surface area contributed by atoms with Crippen LogP contribution in [0.1, 0.15) is 59.8 Å². The monoisotopic (exact) mass is 282 g/mol. The summed E-state index contributed by atoms with van der Waals surface area (Å²) in [6.45, 7) is 8.78. The maximum atomic E-state index is 12.3. The van der Waals surface area contributed by atoms with E-state index in [9.17, 15) is 9.59 Å². The molecule has 4 nitrogen and oxygen atoms in total. The molecule has 0 aliphatic heterocycles. The second kappa shape index (κ2) is 7.09. The fourth-order valence-corrected chi connectivity index (χ4v) is 2.75. The van der Waals surface area contributed by atoms with Gasteiger partial charge in [0, 0.05) is 18.4 Å². The number of carbonyl (C=O) groups excluding carboxylic acids is 2. The smallest absolute Gasteiger partial charge is 0.223 e. The number of carbonyl (C=O) groups is 2. The molecule has 0 spiro atoms. The van der Waals surface area contributed by atoms with E-state index in [0.717, 1.165) is 18.8 Å². The molecule has 0 aromatic carbocycles. The molecule has 0 bridgehead atoms.